The molecule has 0 spiro atoms. The SMILES string of the molecule is CCN(C(=O)Cn1cnc2ccccc21)C1CC1. The summed E-state index contributed by atoms with van der Waals surface area (Å²) in [5.74, 6) is 0.197. The number of carbonyl (C=O) groups is 1. The summed E-state index contributed by atoms with van der Waals surface area (Å²) in [5.41, 5.74) is 1.97. The van der Waals surface area contributed by atoms with Crippen LogP contribution in [-0.2, 0) is 11.3 Å². The number of aromatic nitrogens is 2. The summed E-state index contributed by atoms with van der Waals surface area (Å²) in [4.78, 5) is 18.5. The molecular weight excluding hydrogens is 226 g/mol. The first-order valence-corrected chi connectivity index (χ1v) is 6.49. The Labute approximate surface area is 106 Å². The highest BCUT2D eigenvalue weighted by molar-refractivity contribution is 5.80. The first-order chi connectivity index (χ1) is 8.79. The number of benzene rings is 1. The quantitative estimate of drug-likeness (QED) is 0.824. The van der Waals surface area contributed by atoms with Crippen LogP contribution in [0.4, 0.5) is 0 Å². The lowest BCUT2D eigenvalue weighted by molar-refractivity contribution is -0.132. The lowest BCUT2D eigenvalue weighted by atomic mass is 10.3. The van der Waals surface area contributed by atoms with Crippen molar-refractivity contribution in [3.63, 3.8) is 0 Å². The third-order valence-corrected chi connectivity index (χ3v) is 3.48. The Balaban J connectivity index is 1.81. The van der Waals surface area contributed by atoms with Crippen molar-refractivity contribution in [1.82, 2.24) is 14.5 Å². The highest BCUT2D eigenvalue weighted by atomic mass is 16.2. The van der Waals surface area contributed by atoms with Crippen LogP contribution in [0.15, 0.2) is 30.6 Å². The molecule has 0 aliphatic heterocycles. The molecule has 1 aromatic heterocycles. The number of hydrogen-bond acceptors (Lipinski definition) is 2. The summed E-state index contributed by atoms with van der Waals surface area (Å²) < 4.78 is 1.93. The van der Waals surface area contributed by atoms with Crippen molar-refractivity contribution < 1.29 is 4.79 Å². The average Bonchev–Trinajstić information content (AvgIpc) is 3.13. The molecule has 1 saturated carbocycles. The third kappa shape index (κ3) is 1.98. The van der Waals surface area contributed by atoms with E-state index in [9.17, 15) is 4.79 Å². The maximum atomic E-state index is 12.2. The molecule has 1 fully saturated rings. The van der Waals surface area contributed by atoms with Crippen molar-refractivity contribution in [3.8, 4) is 0 Å². The fourth-order valence-corrected chi connectivity index (χ4v) is 2.40. The molecular formula is C14H17N3O. The Bertz CT molecular complexity index is 571. The Hall–Kier alpha value is -1.84. The van der Waals surface area contributed by atoms with Crippen molar-refractivity contribution in [2.45, 2.75) is 32.4 Å². The van der Waals surface area contributed by atoms with Gasteiger partial charge in [-0.2, -0.15) is 0 Å². The van der Waals surface area contributed by atoms with Gasteiger partial charge in [0.05, 0.1) is 17.4 Å². The van der Waals surface area contributed by atoms with Crippen LogP contribution in [0.5, 0.6) is 0 Å². The van der Waals surface area contributed by atoms with Crippen molar-refractivity contribution >= 4 is 16.9 Å². The molecule has 2 aromatic rings. The Morgan fingerprint density at radius 2 is 2.22 bits per heavy atom. The number of amides is 1. The largest absolute Gasteiger partial charge is 0.338 e. The summed E-state index contributed by atoms with van der Waals surface area (Å²) >= 11 is 0. The Morgan fingerprint density at radius 3 is 2.94 bits per heavy atom. The maximum absolute atomic E-state index is 12.2. The zero-order valence-corrected chi connectivity index (χ0v) is 10.5. The number of para-hydroxylation sites is 2. The molecule has 0 N–H and O–H groups in total. The van der Waals surface area contributed by atoms with Gasteiger partial charge in [-0.05, 0) is 31.9 Å². The number of hydrogen-bond donors (Lipinski definition) is 0. The maximum Gasteiger partial charge on any atom is 0.242 e. The van der Waals surface area contributed by atoms with E-state index in [4.69, 9.17) is 0 Å². The normalized spacial score (nSPS) is 14.9. The second-order valence-electron chi connectivity index (χ2n) is 4.77. The number of nitrogens with zero attached hydrogens (tertiary/aromatic N) is 3. The van der Waals surface area contributed by atoms with Gasteiger partial charge < -0.3 is 9.47 Å². The fourth-order valence-electron chi connectivity index (χ4n) is 2.40. The fraction of sp³-hybridized carbons (Fsp3) is 0.429. The van der Waals surface area contributed by atoms with Crippen molar-refractivity contribution in [2.24, 2.45) is 0 Å². The lowest BCUT2D eigenvalue weighted by Gasteiger charge is -2.20. The second-order valence-corrected chi connectivity index (χ2v) is 4.77. The first kappa shape index (κ1) is 11.3. The molecule has 1 aliphatic carbocycles. The van der Waals surface area contributed by atoms with Crippen molar-refractivity contribution in [2.75, 3.05) is 6.54 Å². The molecule has 4 heteroatoms. The highest BCUT2D eigenvalue weighted by Gasteiger charge is 2.31. The van der Waals surface area contributed by atoms with Crippen LogP contribution in [0.1, 0.15) is 19.8 Å². The molecule has 0 bridgehead atoms. The van der Waals surface area contributed by atoms with Gasteiger partial charge in [-0.25, -0.2) is 4.98 Å². The van der Waals surface area contributed by atoms with Crippen molar-refractivity contribution in [3.05, 3.63) is 30.6 Å². The molecule has 1 heterocycles. The minimum absolute atomic E-state index is 0.197. The predicted octanol–water partition coefficient (Wildman–Crippen LogP) is 2.05. The molecule has 0 radical (unpaired) electrons. The summed E-state index contributed by atoms with van der Waals surface area (Å²) in [6.07, 6.45) is 4.07. The number of fused-ring (bicyclic) bond motifs is 1. The lowest BCUT2D eigenvalue weighted by Crippen LogP contribution is -2.35. The topological polar surface area (TPSA) is 38.1 Å². The zero-order valence-electron chi connectivity index (χ0n) is 10.5. The minimum atomic E-state index is 0.197. The van der Waals surface area contributed by atoms with Crippen LogP contribution in [0, 0.1) is 0 Å². The first-order valence-electron chi connectivity index (χ1n) is 6.49. The molecule has 94 valence electrons. The van der Waals surface area contributed by atoms with Gasteiger partial charge in [-0.15, -0.1) is 0 Å². The molecule has 1 aliphatic rings. The number of likely N-dealkylation sites (N-methyl/N-ethyl adjacent to an activating group) is 1. The molecule has 3 rings (SSSR count). The smallest absolute Gasteiger partial charge is 0.242 e. The van der Waals surface area contributed by atoms with Gasteiger partial charge in [0.2, 0.25) is 5.91 Å². The third-order valence-electron chi connectivity index (χ3n) is 3.48. The van der Waals surface area contributed by atoms with E-state index < -0.39 is 0 Å². The standard InChI is InChI=1S/C14H17N3O/c1-2-17(11-7-8-11)14(18)9-16-10-15-12-5-3-4-6-13(12)16/h3-6,10-11H,2,7-9H2,1H3. The van der Waals surface area contributed by atoms with E-state index in [-0.39, 0.29) is 5.91 Å². The van der Waals surface area contributed by atoms with E-state index in [2.05, 4.69) is 4.98 Å². The minimum Gasteiger partial charge on any atom is -0.338 e. The highest BCUT2D eigenvalue weighted by Crippen LogP contribution is 2.27. The van der Waals surface area contributed by atoms with E-state index in [1.807, 2.05) is 40.7 Å². The molecule has 0 unspecified atom stereocenters. The molecule has 0 atom stereocenters. The van der Waals surface area contributed by atoms with Gasteiger partial charge >= 0.3 is 0 Å². The Morgan fingerprint density at radius 1 is 1.44 bits per heavy atom. The predicted molar refractivity (Wildman–Crippen MR) is 70.1 cm³/mol. The van der Waals surface area contributed by atoms with Crippen LogP contribution in [0.25, 0.3) is 11.0 Å². The molecule has 1 amide bonds. The number of carbonyl (C=O) groups excluding carboxylic acids is 1. The molecule has 18 heavy (non-hydrogen) atoms. The van der Waals surface area contributed by atoms with E-state index in [1.54, 1.807) is 6.33 Å². The van der Waals surface area contributed by atoms with E-state index in [0.29, 0.717) is 12.6 Å². The second kappa shape index (κ2) is 4.44. The van der Waals surface area contributed by atoms with Crippen LogP contribution >= 0.6 is 0 Å². The van der Waals surface area contributed by atoms with Crippen LogP contribution in [-0.4, -0.2) is 32.9 Å². The van der Waals surface area contributed by atoms with E-state index in [0.717, 1.165) is 30.4 Å². The van der Waals surface area contributed by atoms with Crippen LogP contribution < -0.4 is 0 Å². The van der Waals surface area contributed by atoms with Gasteiger partial charge in [0, 0.05) is 12.6 Å². The summed E-state index contributed by atoms with van der Waals surface area (Å²) in [6.45, 7) is 3.24. The number of imidazole rings is 1. The van der Waals surface area contributed by atoms with Gasteiger partial charge in [0.15, 0.2) is 0 Å². The molecule has 1 aromatic carbocycles. The summed E-state index contributed by atoms with van der Waals surface area (Å²) in [5, 5.41) is 0. The Kier molecular flexibility index (Phi) is 2.78. The molecule has 4 nitrogen and oxygen atoms in total. The van der Waals surface area contributed by atoms with Gasteiger partial charge in [0.25, 0.3) is 0 Å². The van der Waals surface area contributed by atoms with E-state index >= 15 is 0 Å². The summed E-state index contributed by atoms with van der Waals surface area (Å²) in [6, 6.07) is 8.39. The monoisotopic (exact) mass is 243 g/mol. The average molecular weight is 243 g/mol. The van der Waals surface area contributed by atoms with Crippen molar-refractivity contribution in [1.29, 1.82) is 0 Å². The molecule has 0 saturated heterocycles. The van der Waals surface area contributed by atoms with E-state index in [1.165, 1.54) is 0 Å². The zero-order chi connectivity index (χ0) is 12.5. The van der Waals surface area contributed by atoms with Gasteiger partial charge in [-0.3, -0.25) is 4.79 Å². The summed E-state index contributed by atoms with van der Waals surface area (Å²) in [7, 11) is 0. The van der Waals surface area contributed by atoms with Crippen LogP contribution in [0.3, 0.4) is 0 Å². The van der Waals surface area contributed by atoms with Crippen LogP contribution in [0.2, 0.25) is 0 Å². The van der Waals surface area contributed by atoms with Gasteiger partial charge in [-0.1, -0.05) is 12.1 Å². The number of rotatable bonds is 4. The van der Waals surface area contributed by atoms with Gasteiger partial charge in [0.1, 0.15) is 6.54 Å².